The van der Waals surface area contributed by atoms with E-state index >= 15 is 0 Å². The minimum atomic E-state index is -2.41. The summed E-state index contributed by atoms with van der Waals surface area (Å²) in [7, 11) is -23.3. The van der Waals surface area contributed by atoms with E-state index in [9.17, 15) is 10.5 Å². The van der Waals surface area contributed by atoms with Crippen molar-refractivity contribution in [1.82, 2.24) is 0 Å². The molecule has 0 aromatic carbocycles. The fourth-order valence-electron chi connectivity index (χ4n) is 15.2. The van der Waals surface area contributed by atoms with Crippen molar-refractivity contribution < 1.29 is 0 Å². The summed E-state index contributed by atoms with van der Waals surface area (Å²) < 4.78 is 0. The molecule has 0 saturated carbocycles. The van der Waals surface area contributed by atoms with Gasteiger partial charge in [0.1, 0.15) is 0 Å². The van der Waals surface area contributed by atoms with Crippen LogP contribution in [0.15, 0.2) is 0 Å². The summed E-state index contributed by atoms with van der Waals surface area (Å²) in [4.78, 5) is 3.16. The summed E-state index contributed by atoms with van der Waals surface area (Å²) in [6, 6.07) is 0. The second kappa shape index (κ2) is 16.2. The molecule has 2 nitrogen and oxygen atoms in total. The first kappa shape index (κ1) is 51.6. The Morgan fingerprint density at radius 2 is 0.420 bits per heavy atom. The molecule has 0 heterocycles. The van der Waals surface area contributed by atoms with E-state index in [4.69, 9.17) is 0 Å². The van der Waals surface area contributed by atoms with Gasteiger partial charge in [-0.3, -0.25) is 0 Å². The Bertz CT molecular complexity index is 996. The van der Waals surface area contributed by atoms with Crippen LogP contribution in [-0.2, 0) is 0 Å². The van der Waals surface area contributed by atoms with Crippen molar-refractivity contribution in [3.63, 3.8) is 0 Å². The first-order chi connectivity index (χ1) is 21.5. The molecule has 0 bridgehead atoms. The molecule has 14 heteroatoms. The van der Waals surface area contributed by atoms with E-state index in [1.165, 1.54) is 0 Å². The van der Waals surface area contributed by atoms with Gasteiger partial charge in [0.15, 0.2) is 15.7 Å². The van der Waals surface area contributed by atoms with Gasteiger partial charge >= 0.3 is 0 Å². The van der Waals surface area contributed by atoms with Crippen LogP contribution in [0.4, 0.5) is 0 Å². The summed E-state index contributed by atoms with van der Waals surface area (Å²) in [5, 5.41) is 25.1. The molecule has 0 aromatic rings. The van der Waals surface area contributed by atoms with Gasteiger partial charge in [-0.15, -0.1) is 0 Å². The Labute approximate surface area is 329 Å². The van der Waals surface area contributed by atoms with Gasteiger partial charge in [0, 0.05) is 76.0 Å². The molecule has 0 spiro atoms. The summed E-state index contributed by atoms with van der Waals surface area (Å²) in [6.07, 6.45) is 0. The lowest BCUT2D eigenvalue weighted by molar-refractivity contribution is 0.986. The lowest BCUT2D eigenvalue weighted by atomic mass is 10.6. The highest BCUT2D eigenvalue weighted by Crippen LogP contribution is 2.62. The number of nitriles is 2. The van der Waals surface area contributed by atoms with Crippen LogP contribution >= 0.6 is 0 Å². The highest BCUT2D eigenvalue weighted by Gasteiger charge is 2.74. The first-order valence-electron chi connectivity index (χ1n) is 20.3. The Morgan fingerprint density at radius 3 is 0.480 bits per heavy atom. The third-order valence-electron chi connectivity index (χ3n) is 12.6. The topological polar surface area (TPSA) is 47.6 Å². The molecule has 0 fully saturated rings. The Hall–Kier alpha value is 1.58. The van der Waals surface area contributed by atoms with Crippen LogP contribution in [0.1, 0.15) is 27.7 Å². The van der Waals surface area contributed by atoms with E-state index in [0.717, 1.165) is 19.2 Å². The highest BCUT2D eigenvalue weighted by molar-refractivity contribution is 7.80. The van der Waals surface area contributed by atoms with Crippen LogP contribution in [-0.4, -0.2) is 95.4 Å². The largest absolute Gasteiger partial charge is 0.208 e. The van der Waals surface area contributed by atoms with Crippen molar-refractivity contribution in [2.24, 2.45) is 0 Å². The van der Waals surface area contributed by atoms with Gasteiger partial charge in [0.05, 0.1) is 15.2 Å². The molecule has 294 valence electrons. The van der Waals surface area contributed by atoms with Crippen LogP contribution in [0.2, 0.25) is 187 Å². The number of hydrogen-bond donors (Lipinski definition) is 0. The van der Waals surface area contributed by atoms with Crippen LogP contribution < -0.4 is 0 Å². The minimum absolute atomic E-state index is 0.586. The second-order valence-corrected chi connectivity index (χ2v) is 104. The predicted octanol–water partition coefficient (Wildman–Crippen LogP) is 13.0. The molecule has 0 aromatic heterocycles. The molecule has 0 N–H and O–H groups in total. The van der Waals surface area contributed by atoms with Gasteiger partial charge in [-0.2, -0.15) is 0 Å². The molecule has 0 unspecified atom stereocenters. The molecule has 0 aliphatic heterocycles. The van der Waals surface area contributed by atoms with Crippen LogP contribution in [0.25, 0.3) is 0 Å². The molecule has 0 radical (unpaired) electrons. The maximum Gasteiger partial charge on any atom is 0.153 e. The Kier molecular flexibility index (Phi) is 16.7. The zero-order valence-electron chi connectivity index (χ0n) is 39.5. The van der Waals surface area contributed by atoms with E-state index in [1.54, 1.807) is 0 Å². The van der Waals surface area contributed by atoms with E-state index < -0.39 is 95.4 Å². The van der Waals surface area contributed by atoms with E-state index in [-0.39, 0.29) is 0 Å². The van der Waals surface area contributed by atoms with Crippen molar-refractivity contribution in [2.45, 2.75) is 215 Å². The predicted molar refractivity (Wildman–Crippen MR) is 269 cm³/mol. The molecule has 2 atom stereocenters. The zero-order valence-corrected chi connectivity index (χ0v) is 51.8. The third-order valence-corrected chi connectivity index (χ3v) is 137. The van der Waals surface area contributed by atoms with Crippen molar-refractivity contribution in [3.05, 3.63) is 0 Å². The lowest BCUT2D eigenvalue weighted by Crippen LogP contribution is -2.85. The SMILES string of the molecule is CC(C)[Si](C([Si](C)(C)C)[Si](C)(C)C)(C([Si](C)(C)C)[Si](C)(C)C)[Si@H](C#N)[Si@H](C#N)[Si](C(C)C)(C([Si](C)(C)C)[Si](C)(C)C)C([Si](C)(C)C)[Si](C)(C)C. The maximum absolute atomic E-state index is 12.6. The fraction of sp³-hybridized carbons (Fsp3) is 0.944. The van der Waals surface area contributed by atoms with Gasteiger partial charge in [0.2, 0.25) is 0 Å². The standard InChI is InChI=1S/C36H92N2Si12/c1-31(2)49(33(41(5,6)7)42(8,9)10,34(43(11,12)13)44(14,15)16)39(29-37)40(30-38)50(32(3)4,35(45(17,18)19)46(20,21)22)36(47(23,24)25)48(26,27)28/h31-36,39-40H,1-28H3/t39-,40+. The summed E-state index contributed by atoms with van der Waals surface area (Å²) >= 11 is 0. The number of hydrogen-bond acceptors (Lipinski definition) is 2. The molecular weight excluding hydrogens is 797 g/mol. The van der Waals surface area contributed by atoms with Gasteiger partial charge in [-0.25, -0.2) is 10.5 Å². The highest BCUT2D eigenvalue weighted by atomic mass is 29.8. The number of nitrogens with zero attached hydrogens (tertiary/aromatic N) is 2. The maximum atomic E-state index is 12.6. The lowest BCUT2D eigenvalue weighted by Gasteiger charge is -2.67. The van der Waals surface area contributed by atoms with Crippen LogP contribution in [0, 0.1) is 21.9 Å². The zero-order chi connectivity index (χ0) is 41.0. The summed E-state index contributed by atoms with van der Waals surface area (Å²) in [5.41, 5.74) is 8.42. The summed E-state index contributed by atoms with van der Waals surface area (Å²) in [6.45, 7) is 76.1. The molecule has 50 heavy (non-hydrogen) atoms. The van der Waals surface area contributed by atoms with Crippen molar-refractivity contribution in [2.75, 3.05) is 0 Å². The average Bonchev–Trinajstić information content (AvgIpc) is 2.73. The van der Waals surface area contributed by atoms with E-state index in [0.29, 0.717) is 11.1 Å². The van der Waals surface area contributed by atoms with E-state index in [2.05, 4.69) is 196 Å². The monoisotopic (exact) mass is 888 g/mol. The average molecular weight is 890 g/mol. The number of rotatable bonds is 17. The smallest absolute Gasteiger partial charge is 0.153 e. The van der Waals surface area contributed by atoms with Crippen molar-refractivity contribution >= 4 is 95.4 Å². The summed E-state index contributed by atoms with van der Waals surface area (Å²) in [5.74, 6) is 0. The van der Waals surface area contributed by atoms with Crippen LogP contribution in [0.5, 0.6) is 0 Å². The van der Waals surface area contributed by atoms with Gasteiger partial charge in [-0.05, 0) is 0 Å². The molecule has 0 aliphatic rings. The molecule has 0 aliphatic carbocycles. The Morgan fingerprint density at radius 1 is 0.300 bits per heavy atom. The second-order valence-electron chi connectivity index (χ2n) is 26.2. The van der Waals surface area contributed by atoms with Crippen LogP contribution in [0.3, 0.4) is 0 Å². The quantitative estimate of drug-likeness (QED) is 0.137. The molecule has 0 saturated heterocycles. The molecule has 0 rings (SSSR count). The van der Waals surface area contributed by atoms with Gasteiger partial charge < -0.3 is 0 Å². The van der Waals surface area contributed by atoms with E-state index in [1.807, 2.05) is 0 Å². The van der Waals surface area contributed by atoms with Crippen molar-refractivity contribution in [3.8, 4) is 11.4 Å². The molecular formula is C36H92N2Si12. The third kappa shape index (κ3) is 10.5. The van der Waals surface area contributed by atoms with Gasteiger partial charge in [-0.1, -0.05) is 215 Å². The normalized spacial score (nSPS) is 16.9. The minimum Gasteiger partial charge on any atom is -0.208 e. The van der Waals surface area contributed by atoms with Crippen molar-refractivity contribution in [1.29, 1.82) is 10.5 Å². The first-order valence-corrected chi connectivity index (χ1v) is 60.8. The van der Waals surface area contributed by atoms with Gasteiger partial charge in [0.25, 0.3) is 0 Å². The molecule has 0 amide bonds. The Balaban J connectivity index is 9.92. The fourth-order valence-corrected chi connectivity index (χ4v) is 247.